The summed E-state index contributed by atoms with van der Waals surface area (Å²) in [6.07, 6.45) is 3.72. The average Bonchev–Trinajstić information content (AvgIpc) is 2.63. The van der Waals surface area contributed by atoms with Crippen molar-refractivity contribution in [2.24, 2.45) is 5.92 Å². The Balaban J connectivity index is 1.38. The van der Waals surface area contributed by atoms with Gasteiger partial charge in [0.25, 0.3) is 0 Å². The molecule has 3 rings (SSSR count). The Bertz CT molecular complexity index is 609. The van der Waals surface area contributed by atoms with E-state index in [0.717, 1.165) is 60.9 Å². The summed E-state index contributed by atoms with van der Waals surface area (Å²) in [5.74, 6) is 1.08. The smallest absolute Gasteiger partial charge is 0.143 e. The van der Waals surface area contributed by atoms with Crippen LogP contribution in [-0.2, 0) is 4.79 Å². The van der Waals surface area contributed by atoms with Crippen molar-refractivity contribution in [1.82, 2.24) is 9.80 Å². The van der Waals surface area contributed by atoms with Gasteiger partial charge in [0.15, 0.2) is 0 Å². The molecule has 0 bridgehead atoms. The first-order valence-corrected chi connectivity index (χ1v) is 10.4. The molecule has 2 aliphatic rings. The topological polar surface area (TPSA) is 26.8 Å². The van der Waals surface area contributed by atoms with Gasteiger partial charge in [0, 0.05) is 31.2 Å². The van der Waals surface area contributed by atoms with Gasteiger partial charge in [-0.1, -0.05) is 23.2 Å². The molecular weight excluding hydrogens is 369 g/mol. The second-order valence-electron chi connectivity index (χ2n) is 7.63. The number of likely N-dealkylation sites (tertiary alicyclic amines) is 1. The van der Waals surface area contributed by atoms with Gasteiger partial charge in [0.05, 0.1) is 17.3 Å². The van der Waals surface area contributed by atoms with Crippen molar-refractivity contribution >= 4 is 34.7 Å². The summed E-state index contributed by atoms with van der Waals surface area (Å²) in [5.41, 5.74) is 1.05. The summed E-state index contributed by atoms with van der Waals surface area (Å²) < 4.78 is 0. The fourth-order valence-corrected chi connectivity index (χ4v) is 4.46. The van der Waals surface area contributed by atoms with Gasteiger partial charge in [-0.3, -0.25) is 14.6 Å². The number of nitrogens with zero attached hydrogens (tertiary/aromatic N) is 3. The Morgan fingerprint density at radius 2 is 1.73 bits per heavy atom. The number of piperazine rings is 1. The van der Waals surface area contributed by atoms with E-state index in [1.54, 1.807) is 6.92 Å². The summed E-state index contributed by atoms with van der Waals surface area (Å²) in [4.78, 5) is 18.4. The Hall–Kier alpha value is -0.810. The van der Waals surface area contributed by atoms with Crippen LogP contribution in [0.3, 0.4) is 0 Å². The van der Waals surface area contributed by atoms with Crippen LogP contribution in [0, 0.1) is 5.92 Å². The largest absolute Gasteiger partial charge is 0.368 e. The van der Waals surface area contributed by atoms with E-state index in [2.05, 4.69) is 14.7 Å². The molecule has 4 nitrogen and oxygen atoms in total. The predicted molar refractivity (Wildman–Crippen MR) is 110 cm³/mol. The van der Waals surface area contributed by atoms with E-state index in [4.69, 9.17) is 23.2 Å². The maximum atomic E-state index is 11.2. The summed E-state index contributed by atoms with van der Waals surface area (Å²) in [7, 11) is 0. The second-order valence-corrected chi connectivity index (χ2v) is 8.48. The van der Waals surface area contributed by atoms with E-state index < -0.39 is 0 Å². The molecule has 0 spiro atoms. The van der Waals surface area contributed by atoms with Crippen molar-refractivity contribution in [2.75, 3.05) is 57.3 Å². The number of anilines is 1. The lowest BCUT2D eigenvalue weighted by Gasteiger charge is -2.38. The number of halogens is 2. The van der Waals surface area contributed by atoms with Crippen LogP contribution in [0.1, 0.15) is 26.2 Å². The van der Waals surface area contributed by atoms with Crippen LogP contribution < -0.4 is 4.90 Å². The Labute approximate surface area is 167 Å². The van der Waals surface area contributed by atoms with E-state index in [0.29, 0.717) is 6.54 Å². The molecule has 1 aromatic rings. The molecule has 0 aromatic heterocycles. The van der Waals surface area contributed by atoms with Crippen LogP contribution in [0.2, 0.25) is 10.0 Å². The maximum Gasteiger partial charge on any atom is 0.143 e. The molecule has 2 fully saturated rings. The third-order valence-electron chi connectivity index (χ3n) is 5.63. The van der Waals surface area contributed by atoms with Crippen LogP contribution in [0.5, 0.6) is 0 Å². The highest BCUT2D eigenvalue weighted by molar-refractivity contribution is 6.35. The van der Waals surface area contributed by atoms with Crippen molar-refractivity contribution in [3.63, 3.8) is 0 Å². The van der Waals surface area contributed by atoms with Crippen LogP contribution in [0.15, 0.2) is 18.2 Å². The lowest BCUT2D eigenvalue weighted by atomic mass is 9.93. The molecule has 2 heterocycles. The van der Waals surface area contributed by atoms with Crippen molar-refractivity contribution < 1.29 is 4.79 Å². The van der Waals surface area contributed by atoms with Gasteiger partial charge >= 0.3 is 0 Å². The van der Waals surface area contributed by atoms with Crippen LogP contribution in [0.4, 0.5) is 5.69 Å². The highest BCUT2D eigenvalue weighted by atomic mass is 35.5. The van der Waals surface area contributed by atoms with E-state index in [-0.39, 0.29) is 5.78 Å². The second kappa shape index (κ2) is 9.41. The number of carbonyl (C=O) groups excluding carboxylic acids is 1. The zero-order valence-electron chi connectivity index (χ0n) is 15.6. The maximum absolute atomic E-state index is 11.2. The molecule has 0 aliphatic carbocycles. The molecule has 0 atom stereocenters. The number of benzene rings is 1. The molecular formula is C20H29Cl2N3O. The molecule has 0 saturated carbocycles. The minimum Gasteiger partial charge on any atom is -0.368 e. The van der Waals surface area contributed by atoms with Gasteiger partial charge in [-0.05, 0) is 69.9 Å². The summed E-state index contributed by atoms with van der Waals surface area (Å²) in [6.45, 7) is 9.78. The summed E-state index contributed by atoms with van der Waals surface area (Å²) in [6, 6.07) is 5.68. The highest BCUT2D eigenvalue weighted by Crippen LogP contribution is 2.30. The van der Waals surface area contributed by atoms with Crippen LogP contribution >= 0.6 is 23.2 Å². The number of rotatable bonds is 6. The SMILES string of the molecule is CC(=O)CN1CCC(CCN2CCN(c3cc(Cl)ccc3Cl)CC2)CC1. The van der Waals surface area contributed by atoms with Gasteiger partial charge < -0.3 is 4.90 Å². The summed E-state index contributed by atoms with van der Waals surface area (Å²) >= 11 is 12.5. The van der Waals surface area contributed by atoms with Gasteiger partial charge in [0.1, 0.15) is 5.78 Å². The van der Waals surface area contributed by atoms with E-state index in [1.807, 2.05) is 18.2 Å². The Morgan fingerprint density at radius 3 is 2.38 bits per heavy atom. The number of hydrogen-bond acceptors (Lipinski definition) is 4. The van der Waals surface area contributed by atoms with Crippen molar-refractivity contribution in [2.45, 2.75) is 26.2 Å². The van der Waals surface area contributed by atoms with Crippen LogP contribution in [0.25, 0.3) is 0 Å². The Morgan fingerprint density at radius 1 is 1.04 bits per heavy atom. The lowest BCUT2D eigenvalue weighted by molar-refractivity contribution is -0.118. The van der Waals surface area contributed by atoms with E-state index in [9.17, 15) is 4.79 Å². The van der Waals surface area contributed by atoms with Crippen molar-refractivity contribution in [3.8, 4) is 0 Å². The first-order valence-electron chi connectivity index (χ1n) is 9.65. The molecule has 2 aliphatic heterocycles. The molecule has 0 unspecified atom stereocenters. The fraction of sp³-hybridized carbons (Fsp3) is 0.650. The average molecular weight is 398 g/mol. The molecule has 1 aromatic carbocycles. The number of hydrogen-bond donors (Lipinski definition) is 0. The minimum absolute atomic E-state index is 0.279. The third kappa shape index (κ3) is 5.59. The quantitative estimate of drug-likeness (QED) is 0.728. The van der Waals surface area contributed by atoms with Gasteiger partial charge in [-0.2, -0.15) is 0 Å². The number of piperidine rings is 1. The van der Waals surface area contributed by atoms with Crippen molar-refractivity contribution in [3.05, 3.63) is 28.2 Å². The Kier molecular flexibility index (Phi) is 7.21. The molecule has 0 N–H and O–H groups in total. The first-order chi connectivity index (χ1) is 12.5. The number of Topliss-reactive ketones (excluding diaryl/α,β-unsaturated/α-hetero) is 1. The van der Waals surface area contributed by atoms with E-state index in [1.165, 1.54) is 25.8 Å². The normalized spacial score (nSPS) is 20.5. The summed E-state index contributed by atoms with van der Waals surface area (Å²) in [5, 5.41) is 1.52. The molecule has 0 radical (unpaired) electrons. The van der Waals surface area contributed by atoms with Gasteiger partial charge in [0.2, 0.25) is 0 Å². The molecule has 26 heavy (non-hydrogen) atoms. The zero-order valence-corrected chi connectivity index (χ0v) is 17.1. The zero-order chi connectivity index (χ0) is 18.5. The van der Waals surface area contributed by atoms with Crippen molar-refractivity contribution in [1.29, 1.82) is 0 Å². The number of carbonyl (C=O) groups is 1. The minimum atomic E-state index is 0.279. The highest BCUT2D eigenvalue weighted by Gasteiger charge is 2.23. The van der Waals surface area contributed by atoms with E-state index >= 15 is 0 Å². The lowest BCUT2D eigenvalue weighted by Crippen LogP contribution is -2.47. The third-order valence-corrected chi connectivity index (χ3v) is 6.18. The number of ketones is 1. The molecule has 0 amide bonds. The van der Waals surface area contributed by atoms with Gasteiger partial charge in [-0.15, -0.1) is 0 Å². The molecule has 6 heteroatoms. The molecule has 2 saturated heterocycles. The standard InChI is InChI=1S/C20H29Cl2N3O/c1-16(26)15-24-8-5-17(6-9-24)4-7-23-10-12-25(13-11-23)20-14-18(21)2-3-19(20)22/h2-3,14,17H,4-13,15H2,1H3. The van der Waals surface area contributed by atoms with Gasteiger partial charge in [-0.25, -0.2) is 0 Å². The first kappa shape index (κ1) is 19.9. The molecule has 144 valence electrons. The fourth-order valence-electron chi connectivity index (χ4n) is 4.05. The van der Waals surface area contributed by atoms with Crippen LogP contribution in [-0.4, -0.2) is 67.9 Å². The monoisotopic (exact) mass is 397 g/mol. The predicted octanol–water partition coefficient (Wildman–Crippen LogP) is 3.81.